The van der Waals surface area contributed by atoms with Crippen LogP contribution in [0.25, 0.3) is 0 Å². The van der Waals surface area contributed by atoms with E-state index in [2.05, 4.69) is 10.0 Å². The van der Waals surface area contributed by atoms with Crippen LogP contribution in [0.1, 0.15) is 40.7 Å². The molecule has 1 heterocycles. The normalized spacial score (nSPS) is 14.4. The molecule has 1 saturated heterocycles. The van der Waals surface area contributed by atoms with Crippen LogP contribution in [0.2, 0.25) is 0 Å². The summed E-state index contributed by atoms with van der Waals surface area (Å²) in [7, 11) is -4.19. The lowest BCUT2D eigenvalue weighted by Crippen LogP contribution is -2.30. The highest BCUT2D eigenvalue weighted by atomic mass is 32.2. The molecule has 1 amide bonds. The zero-order chi connectivity index (χ0) is 26.8. The number of piperidine rings is 1. The van der Waals surface area contributed by atoms with E-state index in [0.717, 1.165) is 49.6 Å². The number of amides is 1. The maximum Gasteiger partial charge on any atom is 0.416 e. The number of anilines is 3. The van der Waals surface area contributed by atoms with Gasteiger partial charge in [0.25, 0.3) is 15.9 Å². The summed E-state index contributed by atoms with van der Waals surface area (Å²) in [6.07, 6.45) is -1.84. The number of aryl methyl sites for hydroxylation is 1. The average molecular weight is 536 g/mol. The lowest BCUT2D eigenvalue weighted by Gasteiger charge is -2.31. The summed E-state index contributed by atoms with van der Waals surface area (Å²) in [5.74, 6) is -1.38. The van der Waals surface area contributed by atoms with Gasteiger partial charge in [-0.25, -0.2) is 12.8 Å². The summed E-state index contributed by atoms with van der Waals surface area (Å²) >= 11 is 0. The summed E-state index contributed by atoms with van der Waals surface area (Å²) in [5.41, 5.74) is -0.466. The number of sulfonamides is 1. The Labute approximate surface area is 212 Å². The van der Waals surface area contributed by atoms with Crippen molar-refractivity contribution in [2.24, 2.45) is 0 Å². The van der Waals surface area contributed by atoms with Gasteiger partial charge in [-0.05, 0) is 80.3 Å². The van der Waals surface area contributed by atoms with Gasteiger partial charge in [0, 0.05) is 13.1 Å². The zero-order valence-electron chi connectivity index (χ0n) is 19.9. The number of hydrogen-bond acceptors (Lipinski definition) is 4. The first-order valence-electron chi connectivity index (χ1n) is 11.6. The van der Waals surface area contributed by atoms with Gasteiger partial charge >= 0.3 is 6.18 Å². The molecule has 0 bridgehead atoms. The van der Waals surface area contributed by atoms with Crippen molar-refractivity contribution in [1.82, 2.24) is 0 Å². The molecule has 0 radical (unpaired) electrons. The standard InChI is InChI=1S/C26H25F4N3O3S/c1-17-15-19(27)10-12-24(17)37(35,36)32-21-8-4-3-7-20(21)25(34)31-22-16-18(26(28,29)30)9-11-23(22)33-13-5-2-6-14-33/h3-4,7-12,15-16,32H,2,5-6,13-14H2,1H3,(H,31,34). The second-order valence-corrected chi connectivity index (χ2v) is 10.4. The molecule has 11 heteroatoms. The van der Waals surface area contributed by atoms with Crippen LogP contribution in [-0.4, -0.2) is 27.4 Å². The van der Waals surface area contributed by atoms with Gasteiger partial charge in [0.05, 0.1) is 33.1 Å². The second-order valence-electron chi connectivity index (χ2n) is 8.79. The minimum absolute atomic E-state index is 0.0197. The highest BCUT2D eigenvalue weighted by Gasteiger charge is 2.32. The summed E-state index contributed by atoms with van der Waals surface area (Å²) in [6, 6.07) is 12.1. The van der Waals surface area contributed by atoms with Crippen LogP contribution in [0.4, 0.5) is 34.6 Å². The van der Waals surface area contributed by atoms with Crippen LogP contribution >= 0.6 is 0 Å². The van der Waals surface area contributed by atoms with Gasteiger partial charge in [-0.2, -0.15) is 13.2 Å². The number of rotatable bonds is 6. The molecule has 4 rings (SSSR count). The van der Waals surface area contributed by atoms with Gasteiger partial charge in [0.2, 0.25) is 0 Å². The summed E-state index contributed by atoms with van der Waals surface area (Å²) in [6.45, 7) is 2.72. The quantitative estimate of drug-likeness (QED) is 0.369. The Balaban J connectivity index is 1.67. The Morgan fingerprint density at radius 1 is 0.919 bits per heavy atom. The molecule has 3 aromatic rings. The highest BCUT2D eigenvalue weighted by molar-refractivity contribution is 7.92. The first kappa shape index (κ1) is 26.5. The summed E-state index contributed by atoms with van der Waals surface area (Å²) in [4.78, 5) is 15.0. The Morgan fingerprint density at radius 3 is 2.30 bits per heavy atom. The number of carbonyl (C=O) groups is 1. The topological polar surface area (TPSA) is 78.5 Å². The van der Waals surface area contributed by atoms with E-state index in [1.54, 1.807) is 0 Å². The number of hydrogen-bond donors (Lipinski definition) is 2. The minimum Gasteiger partial charge on any atom is -0.370 e. The predicted molar refractivity (Wildman–Crippen MR) is 134 cm³/mol. The SMILES string of the molecule is Cc1cc(F)ccc1S(=O)(=O)Nc1ccccc1C(=O)Nc1cc(C(F)(F)F)ccc1N1CCCCC1. The van der Waals surface area contributed by atoms with E-state index in [-0.39, 0.29) is 27.4 Å². The van der Waals surface area contributed by atoms with Crippen molar-refractivity contribution in [3.8, 4) is 0 Å². The molecule has 0 spiro atoms. The van der Waals surface area contributed by atoms with E-state index in [9.17, 15) is 30.8 Å². The lowest BCUT2D eigenvalue weighted by atomic mass is 10.1. The van der Waals surface area contributed by atoms with E-state index in [1.807, 2.05) is 4.90 Å². The molecule has 0 atom stereocenters. The van der Waals surface area contributed by atoms with E-state index < -0.39 is 33.5 Å². The number of halogens is 4. The monoisotopic (exact) mass is 535 g/mol. The molecular formula is C26H25F4N3O3S. The number of alkyl halides is 3. The molecular weight excluding hydrogens is 510 g/mol. The molecule has 6 nitrogen and oxygen atoms in total. The third kappa shape index (κ3) is 6.04. The number of nitrogens with zero attached hydrogens (tertiary/aromatic N) is 1. The first-order chi connectivity index (χ1) is 17.5. The van der Waals surface area contributed by atoms with Gasteiger partial charge in [0.1, 0.15) is 5.82 Å². The van der Waals surface area contributed by atoms with Gasteiger partial charge in [-0.3, -0.25) is 9.52 Å². The Hall–Kier alpha value is -3.60. The van der Waals surface area contributed by atoms with Crippen molar-refractivity contribution in [2.75, 3.05) is 28.0 Å². The van der Waals surface area contributed by atoms with Gasteiger partial charge in [-0.15, -0.1) is 0 Å². The molecule has 1 fully saturated rings. The van der Waals surface area contributed by atoms with Crippen LogP contribution in [0.3, 0.4) is 0 Å². The van der Waals surface area contributed by atoms with Crippen molar-refractivity contribution in [1.29, 1.82) is 0 Å². The molecule has 37 heavy (non-hydrogen) atoms. The number of nitrogens with one attached hydrogen (secondary N) is 2. The van der Waals surface area contributed by atoms with Crippen LogP contribution in [-0.2, 0) is 16.2 Å². The van der Waals surface area contributed by atoms with E-state index >= 15 is 0 Å². The van der Waals surface area contributed by atoms with Crippen molar-refractivity contribution in [3.05, 3.63) is 83.2 Å². The van der Waals surface area contributed by atoms with Crippen molar-refractivity contribution < 1.29 is 30.8 Å². The third-order valence-corrected chi connectivity index (χ3v) is 7.64. The molecule has 1 aliphatic rings. The number of benzene rings is 3. The lowest BCUT2D eigenvalue weighted by molar-refractivity contribution is -0.137. The van der Waals surface area contributed by atoms with Gasteiger partial charge in [0.15, 0.2) is 0 Å². The average Bonchev–Trinajstić information content (AvgIpc) is 2.84. The number of para-hydroxylation sites is 1. The fourth-order valence-corrected chi connectivity index (χ4v) is 5.60. The fraction of sp³-hybridized carbons (Fsp3) is 0.269. The van der Waals surface area contributed by atoms with Crippen LogP contribution in [0.5, 0.6) is 0 Å². The molecule has 196 valence electrons. The molecule has 0 unspecified atom stereocenters. The Kier molecular flexibility index (Phi) is 7.44. The van der Waals surface area contributed by atoms with Gasteiger partial charge in [-0.1, -0.05) is 12.1 Å². The molecule has 1 aliphatic heterocycles. The van der Waals surface area contributed by atoms with Gasteiger partial charge < -0.3 is 10.2 Å². The zero-order valence-corrected chi connectivity index (χ0v) is 20.7. The van der Waals surface area contributed by atoms with E-state index in [1.165, 1.54) is 37.3 Å². The minimum atomic E-state index is -4.61. The van der Waals surface area contributed by atoms with E-state index in [0.29, 0.717) is 18.8 Å². The van der Waals surface area contributed by atoms with Crippen LogP contribution in [0, 0.1) is 12.7 Å². The second kappa shape index (κ2) is 10.4. The highest BCUT2D eigenvalue weighted by Crippen LogP contribution is 2.37. The van der Waals surface area contributed by atoms with Crippen molar-refractivity contribution >= 4 is 33.0 Å². The first-order valence-corrected chi connectivity index (χ1v) is 13.1. The summed E-state index contributed by atoms with van der Waals surface area (Å²) < 4.78 is 82.1. The third-order valence-electron chi connectivity index (χ3n) is 6.11. The molecule has 2 N–H and O–H groups in total. The molecule has 0 aromatic heterocycles. The predicted octanol–water partition coefficient (Wildman–Crippen LogP) is 6.20. The maximum absolute atomic E-state index is 13.5. The van der Waals surface area contributed by atoms with Crippen LogP contribution in [0.15, 0.2) is 65.6 Å². The molecule has 0 aliphatic carbocycles. The summed E-state index contributed by atoms with van der Waals surface area (Å²) in [5, 5.41) is 2.56. The Morgan fingerprint density at radius 2 is 1.62 bits per heavy atom. The Bertz CT molecular complexity index is 1420. The number of carbonyl (C=O) groups excluding carboxylic acids is 1. The molecule has 3 aromatic carbocycles. The molecule has 0 saturated carbocycles. The van der Waals surface area contributed by atoms with Crippen LogP contribution < -0.4 is 14.9 Å². The maximum atomic E-state index is 13.5. The fourth-order valence-electron chi connectivity index (χ4n) is 4.30. The smallest absolute Gasteiger partial charge is 0.370 e. The largest absolute Gasteiger partial charge is 0.416 e. The van der Waals surface area contributed by atoms with Crippen molar-refractivity contribution in [3.63, 3.8) is 0 Å². The van der Waals surface area contributed by atoms with Crippen molar-refractivity contribution in [2.45, 2.75) is 37.3 Å². The van der Waals surface area contributed by atoms with E-state index in [4.69, 9.17) is 0 Å².